The zero-order valence-electron chi connectivity index (χ0n) is 9.53. The lowest BCUT2D eigenvalue weighted by atomic mass is 9.83. The summed E-state index contributed by atoms with van der Waals surface area (Å²) in [6, 6.07) is 4.71. The van der Waals surface area contributed by atoms with E-state index in [1.54, 1.807) is 6.07 Å². The summed E-state index contributed by atoms with van der Waals surface area (Å²) in [4.78, 5) is 12.1. The van der Waals surface area contributed by atoms with Crippen molar-refractivity contribution in [2.75, 3.05) is 13.1 Å². The quantitative estimate of drug-likeness (QED) is 0.712. The predicted octanol–water partition coefficient (Wildman–Crippen LogP) is 1.48. The summed E-state index contributed by atoms with van der Waals surface area (Å²) in [5.41, 5.74) is 0.232. The molecule has 2 heterocycles. The van der Waals surface area contributed by atoms with Crippen LogP contribution < -0.4 is 10.1 Å². The lowest BCUT2D eigenvalue weighted by molar-refractivity contribution is 0.0186. The van der Waals surface area contributed by atoms with Crippen molar-refractivity contribution >= 4 is 5.78 Å². The Kier molecular flexibility index (Phi) is 2.33. The van der Waals surface area contributed by atoms with Crippen LogP contribution >= 0.6 is 0 Å². The second-order valence-corrected chi connectivity index (χ2v) is 4.82. The number of carbonyl (C=O) groups is 1. The number of hydrogen-bond acceptors (Lipinski definition) is 4. The lowest BCUT2D eigenvalue weighted by Crippen LogP contribution is -2.49. The van der Waals surface area contributed by atoms with Gasteiger partial charge in [-0.15, -0.1) is 0 Å². The van der Waals surface area contributed by atoms with Crippen molar-refractivity contribution in [1.82, 2.24) is 5.32 Å². The highest BCUT2D eigenvalue weighted by Crippen LogP contribution is 2.39. The SMILES string of the molecule is O=C1CC2(CCNCC2)Oc2cc(O)ccc21. The van der Waals surface area contributed by atoms with Crippen LogP contribution in [0.1, 0.15) is 29.6 Å². The smallest absolute Gasteiger partial charge is 0.170 e. The zero-order chi connectivity index (χ0) is 11.9. The monoisotopic (exact) mass is 233 g/mol. The van der Waals surface area contributed by atoms with Gasteiger partial charge in [-0.25, -0.2) is 0 Å². The summed E-state index contributed by atoms with van der Waals surface area (Å²) in [6.07, 6.45) is 2.13. The number of hydrogen-bond donors (Lipinski definition) is 2. The minimum Gasteiger partial charge on any atom is -0.508 e. The second kappa shape index (κ2) is 3.74. The van der Waals surface area contributed by atoms with Crippen molar-refractivity contribution in [2.45, 2.75) is 24.9 Å². The van der Waals surface area contributed by atoms with Gasteiger partial charge in [0.05, 0.1) is 12.0 Å². The van der Waals surface area contributed by atoms with E-state index in [0.29, 0.717) is 17.7 Å². The van der Waals surface area contributed by atoms with Crippen molar-refractivity contribution in [3.05, 3.63) is 23.8 Å². The van der Waals surface area contributed by atoms with Gasteiger partial charge in [0.25, 0.3) is 0 Å². The first kappa shape index (κ1) is 10.6. The molecule has 1 saturated heterocycles. The number of phenols is 1. The van der Waals surface area contributed by atoms with Crippen LogP contribution in [0.25, 0.3) is 0 Å². The van der Waals surface area contributed by atoms with Crippen molar-refractivity contribution in [2.24, 2.45) is 0 Å². The average molecular weight is 233 g/mol. The molecular formula is C13H15NO3. The molecule has 90 valence electrons. The molecule has 1 aromatic rings. The maximum Gasteiger partial charge on any atom is 0.170 e. The number of ketones is 1. The van der Waals surface area contributed by atoms with Gasteiger partial charge in [0, 0.05) is 18.9 Å². The van der Waals surface area contributed by atoms with Gasteiger partial charge in [0.2, 0.25) is 0 Å². The Bertz CT molecular complexity index is 464. The van der Waals surface area contributed by atoms with Gasteiger partial charge >= 0.3 is 0 Å². The van der Waals surface area contributed by atoms with Crippen LogP contribution in [0, 0.1) is 0 Å². The molecule has 2 aliphatic heterocycles. The first-order valence-electron chi connectivity index (χ1n) is 5.95. The largest absolute Gasteiger partial charge is 0.508 e. The number of fused-ring (bicyclic) bond motifs is 1. The third-order valence-electron chi connectivity index (χ3n) is 3.59. The van der Waals surface area contributed by atoms with Gasteiger partial charge in [-0.05, 0) is 25.2 Å². The molecule has 17 heavy (non-hydrogen) atoms. The summed E-state index contributed by atoms with van der Waals surface area (Å²) in [5.74, 6) is 0.791. The minimum atomic E-state index is -0.358. The average Bonchev–Trinajstić information content (AvgIpc) is 2.29. The molecule has 0 amide bonds. The summed E-state index contributed by atoms with van der Waals surface area (Å²) in [6.45, 7) is 1.75. The van der Waals surface area contributed by atoms with E-state index < -0.39 is 0 Å². The summed E-state index contributed by atoms with van der Waals surface area (Å²) in [7, 11) is 0. The Balaban J connectivity index is 1.98. The fraction of sp³-hybridized carbons (Fsp3) is 0.462. The Morgan fingerprint density at radius 1 is 1.29 bits per heavy atom. The summed E-state index contributed by atoms with van der Waals surface area (Å²) >= 11 is 0. The molecule has 0 atom stereocenters. The Hall–Kier alpha value is -1.55. The van der Waals surface area contributed by atoms with Crippen LogP contribution in [-0.2, 0) is 0 Å². The molecule has 0 bridgehead atoms. The molecule has 0 unspecified atom stereocenters. The van der Waals surface area contributed by atoms with Gasteiger partial charge in [0.1, 0.15) is 17.1 Å². The molecule has 1 aromatic carbocycles. The predicted molar refractivity (Wildman–Crippen MR) is 62.5 cm³/mol. The summed E-state index contributed by atoms with van der Waals surface area (Å²) < 4.78 is 5.99. The number of piperidine rings is 1. The number of nitrogens with one attached hydrogen (secondary N) is 1. The molecule has 0 radical (unpaired) electrons. The van der Waals surface area contributed by atoms with Gasteiger partial charge in [-0.3, -0.25) is 4.79 Å². The Labute approximate surface area is 99.6 Å². The first-order valence-corrected chi connectivity index (χ1v) is 5.95. The van der Waals surface area contributed by atoms with Gasteiger partial charge in [0.15, 0.2) is 5.78 Å². The van der Waals surface area contributed by atoms with Crippen LogP contribution in [0.4, 0.5) is 0 Å². The number of ether oxygens (including phenoxy) is 1. The maximum absolute atomic E-state index is 12.1. The van der Waals surface area contributed by atoms with Crippen LogP contribution in [-0.4, -0.2) is 29.6 Å². The van der Waals surface area contributed by atoms with Crippen molar-refractivity contribution < 1.29 is 14.6 Å². The molecule has 2 aliphatic rings. The van der Waals surface area contributed by atoms with Crippen molar-refractivity contribution in [3.63, 3.8) is 0 Å². The molecule has 2 N–H and O–H groups in total. The Morgan fingerprint density at radius 3 is 2.82 bits per heavy atom. The number of benzene rings is 1. The molecule has 4 heteroatoms. The van der Waals surface area contributed by atoms with Crippen LogP contribution in [0.2, 0.25) is 0 Å². The van der Waals surface area contributed by atoms with Crippen molar-refractivity contribution in [3.8, 4) is 11.5 Å². The van der Waals surface area contributed by atoms with E-state index in [2.05, 4.69) is 5.32 Å². The molecule has 1 spiro atoms. The molecule has 3 rings (SSSR count). The second-order valence-electron chi connectivity index (χ2n) is 4.82. The summed E-state index contributed by atoms with van der Waals surface area (Å²) in [5, 5.41) is 12.7. The molecule has 0 aromatic heterocycles. The van der Waals surface area contributed by atoms with Crippen LogP contribution in [0.15, 0.2) is 18.2 Å². The molecule has 0 aliphatic carbocycles. The maximum atomic E-state index is 12.1. The molecule has 4 nitrogen and oxygen atoms in total. The zero-order valence-corrected chi connectivity index (χ0v) is 9.53. The standard InChI is InChI=1S/C13H15NO3/c15-9-1-2-10-11(16)8-13(17-12(10)7-9)3-5-14-6-4-13/h1-2,7,14-15H,3-6,8H2. The van der Waals surface area contributed by atoms with Gasteiger partial charge in [-0.2, -0.15) is 0 Å². The third kappa shape index (κ3) is 1.78. The molecule has 1 fully saturated rings. The number of phenolic OH excluding ortho intramolecular Hbond substituents is 1. The number of Topliss-reactive ketones (excluding diaryl/α,β-unsaturated/α-hetero) is 1. The van der Waals surface area contributed by atoms with E-state index in [4.69, 9.17) is 4.74 Å². The molecular weight excluding hydrogens is 218 g/mol. The first-order chi connectivity index (χ1) is 8.19. The number of carbonyl (C=O) groups excluding carboxylic acids is 1. The fourth-order valence-corrected chi connectivity index (χ4v) is 2.64. The Morgan fingerprint density at radius 2 is 2.06 bits per heavy atom. The van der Waals surface area contributed by atoms with Crippen molar-refractivity contribution in [1.29, 1.82) is 0 Å². The highest BCUT2D eigenvalue weighted by atomic mass is 16.5. The van der Waals surface area contributed by atoms with Crippen LogP contribution in [0.5, 0.6) is 11.5 Å². The highest BCUT2D eigenvalue weighted by molar-refractivity contribution is 6.00. The highest BCUT2D eigenvalue weighted by Gasteiger charge is 2.41. The lowest BCUT2D eigenvalue weighted by Gasteiger charge is -2.40. The number of rotatable bonds is 0. The van der Waals surface area contributed by atoms with E-state index in [9.17, 15) is 9.90 Å². The van der Waals surface area contributed by atoms with E-state index >= 15 is 0 Å². The minimum absolute atomic E-state index is 0.119. The molecule has 0 saturated carbocycles. The topological polar surface area (TPSA) is 58.6 Å². The fourth-order valence-electron chi connectivity index (χ4n) is 2.64. The van der Waals surface area contributed by atoms with E-state index in [0.717, 1.165) is 25.9 Å². The third-order valence-corrected chi connectivity index (χ3v) is 3.59. The number of aromatic hydroxyl groups is 1. The van der Waals surface area contributed by atoms with E-state index in [1.165, 1.54) is 12.1 Å². The van der Waals surface area contributed by atoms with Gasteiger partial charge < -0.3 is 15.2 Å². The van der Waals surface area contributed by atoms with Gasteiger partial charge in [-0.1, -0.05) is 0 Å². The van der Waals surface area contributed by atoms with E-state index in [-0.39, 0.29) is 17.1 Å². The van der Waals surface area contributed by atoms with Crippen LogP contribution in [0.3, 0.4) is 0 Å². The van der Waals surface area contributed by atoms with E-state index in [1.807, 2.05) is 0 Å². The normalized spacial score (nSPS) is 22.0.